The van der Waals surface area contributed by atoms with Crippen LogP contribution in [0.25, 0.3) is 0 Å². The van der Waals surface area contributed by atoms with E-state index >= 15 is 0 Å². The summed E-state index contributed by atoms with van der Waals surface area (Å²) in [5.74, 6) is -1.64. The van der Waals surface area contributed by atoms with E-state index in [-0.39, 0.29) is 28.0 Å². The van der Waals surface area contributed by atoms with Gasteiger partial charge in [-0.15, -0.1) is 0 Å². The minimum absolute atomic E-state index is 0.125. The highest BCUT2D eigenvalue weighted by molar-refractivity contribution is 6.35. The van der Waals surface area contributed by atoms with Crippen LogP contribution in [0.3, 0.4) is 0 Å². The van der Waals surface area contributed by atoms with Gasteiger partial charge >= 0.3 is 12.1 Å². The molecule has 0 radical (unpaired) electrons. The number of ketones is 1. The summed E-state index contributed by atoms with van der Waals surface area (Å²) in [6, 6.07) is 15.6. The molecule has 1 amide bonds. The summed E-state index contributed by atoms with van der Waals surface area (Å²) in [5, 5.41) is 0.125. The lowest BCUT2D eigenvalue weighted by atomic mass is 9.99. The molecule has 0 unspecified atom stereocenters. The first-order valence-electron chi connectivity index (χ1n) is 10.9. The predicted octanol–water partition coefficient (Wildman–Crippen LogP) is 6.76. The lowest BCUT2D eigenvalue weighted by Crippen LogP contribution is -2.29. The lowest BCUT2D eigenvalue weighted by molar-refractivity contribution is -0.155. The molecule has 0 fully saturated rings. The van der Waals surface area contributed by atoms with Crippen LogP contribution in [0.1, 0.15) is 40.9 Å². The number of benzene rings is 3. The standard InChI is InChI=1S/C27H25ClFNO5/c1-16(2)26(32)34-15-35-27(33)30(24-12-9-19(29)13-18(24)4)20-10-11-22(23(28)14-20)25(31)21-8-6-5-7-17(21)3/h5-14,16H,15H2,1-4H3. The Morgan fingerprint density at radius 2 is 1.63 bits per heavy atom. The van der Waals surface area contributed by atoms with Crippen molar-refractivity contribution < 1.29 is 28.2 Å². The molecule has 0 saturated carbocycles. The van der Waals surface area contributed by atoms with Crippen molar-refractivity contribution in [3.8, 4) is 0 Å². The molecule has 0 bridgehead atoms. The molecular weight excluding hydrogens is 473 g/mol. The molecule has 182 valence electrons. The average molecular weight is 498 g/mol. The summed E-state index contributed by atoms with van der Waals surface area (Å²) in [7, 11) is 0. The molecule has 0 N–H and O–H groups in total. The highest BCUT2D eigenvalue weighted by atomic mass is 35.5. The number of ether oxygens (including phenoxy) is 2. The van der Waals surface area contributed by atoms with E-state index in [4.69, 9.17) is 21.1 Å². The number of aryl methyl sites for hydroxylation is 2. The Hall–Kier alpha value is -3.71. The van der Waals surface area contributed by atoms with E-state index in [9.17, 15) is 18.8 Å². The Morgan fingerprint density at radius 3 is 2.26 bits per heavy atom. The van der Waals surface area contributed by atoms with Gasteiger partial charge in [-0.1, -0.05) is 49.7 Å². The van der Waals surface area contributed by atoms with Gasteiger partial charge in [0.05, 0.1) is 22.3 Å². The number of esters is 1. The van der Waals surface area contributed by atoms with Crippen LogP contribution in [-0.4, -0.2) is 24.6 Å². The Kier molecular flexibility index (Phi) is 8.25. The molecule has 0 aliphatic rings. The summed E-state index contributed by atoms with van der Waals surface area (Å²) in [5.41, 5.74) is 2.66. The maximum absolute atomic E-state index is 13.7. The summed E-state index contributed by atoms with van der Waals surface area (Å²) >= 11 is 6.48. The molecule has 3 aromatic rings. The number of rotatable bonds is 7. The van der Waals surface area contributed by atoms with Crippen molar-refractivity contribution in [3.63, 3.8) is 0 Å². The Balaban J connectivity index is 1.96. The van der Waals surface area contributed by atoms with Gasteiger partial charge in [-0.05, 0) is 61.4 Å². The summed E-state index contributed by atoms with van der Waals surface area (Å²) in [4.78, 5) is 38.9. The summed E-state index contributed by atoms with van der Waals surface area (Å²) in [6.07, 6.45) is -0.870. The molecule has 0 aliphatic heterocycles. The second-order valence-electron chi connectivity index (χ2n) is 8.22. The minimum Gasteiger partial charge on any atom is -0.428 e. The topological polar surface area (TPSA) is 72.9 Å². The van der Waals surface area contributed by atoms with Gasteiger partial charge in [0.15, 0.2) is 5.78 Å². The van der Waals surface area contributed by atoms with Gasteiger partial charge in [0.2, 0.25) is 6.79 Å². The quantitative estimate of drug-likeness (QED) is 0.205. The third-order valence-corrected chi connectivity index (χ3v) is 5.60. The van der Waals surface area contributed by atoms with Crippen LogP contribution >= 0.6 is 11.6 Å². The lowest BCUT2D eigenvalue weighted by Gasteiger charge is -2.24. The van der Waals surface area contributed by atoms with Crippen LogP contribution in [0.15, 0.2) is 60.7 Å². The van der Waals surface area contributed by atoms with E-state index in [2.05, 4.69) is 0 Å². The number of carbonyl (C=O) groups is 3. The minimum atomic E-state index is -0.870. The molecule has 3 rings (SSSR count). The molecule has 6 nitrogen and oxygen atoms in total. The van der Waals surface area contributed by atoms with E-state index in [1.165, 1.54) is 35.2 Å². The predicted molar refractivity (Wildman–Crippen MR) is 132 cm³/mol. The maximum atomic E-state index is 13.7. The van der Waals surface area contributed by atoms with Crippen LogP contribution in [-0.2, 0) is 14.3 Å². The first-order chi connectivity index (χ1) is 16.6. The third-order valence-electron chi connectivity index (χ3n) is 5.28. The Morgan fingerprint density at radius 1 is 0.914 bits per heavy atom. The molecular formula is C27H25ClFNO5. The van der Waals surface area contributed by atoms with Crippen molar-refractivity contribution >= 4 is 40.8 Å². The largest absolute Gasteiger partial charge is 0.428 e. The van der Waals surface area contributed by atoms with E-state index in [1.54, 1.807) is 39.0 Å². The summed E-state index contributed by atoms with van der Waals surface area (Å²) < 4.78 is 23.8. The molecule has 0 heterocycles. The molecule has 0 aliphatic carbocycles. The zero-order valence-electron chi connectivity index (χ0n) is 19.8. The van der Waals surface area contributed by atoms with Crippen molar-refractivity contribution in [1.82, 2.24) is 0 Å². The van der Waals surface area contributed by atoms with E-state index in [1.807, 2.05) is 19.1 Å². The summed E-state index contributed by atoms with van der Waals surface area (Å²) in [6.45, 7) is 6.18. The Bertz CT molecular complexity index is 1270. The smallest absolute Gasteiger partial charge is 0.421 e. The van der Waals surface area contributed by atoms with Gasteiger partial charge in [-0.2, -0.15) is 0 Å². The number of amides is 1. The van der Waals surface area contributed by atoms with E-state index in [0.717, 1.165) is 5.56 Å². The molecule has 35 heavy (non-hydrogen) atoms. The molecule has 0 atom stereocenters. The van der Waals surface area contributed by atoms with Crippen molar-refractivity contribution in [3.05, 3.63) is 93.8 Å². The van der Waals surface area contributed by atoms with Crippen LogP contribution < -0.4 is 4.90 Å². The van der Waals surface area contributed by atoms with Gasteiger partial charge in [-0.25, -0.2) is 14.1 Å². The normalized spacial score (nSPS) is 10.7. The maximum Gasteiger partial charge on any atom is 0.421 e. The van der Waals surface area contributed by atoms with Crippen molar-refractivity contribution in [2.24, 2.45) is 5.92 Å². The van der Waals surface area contributed by atoms with E-state index < -0.39 is 24.7 Å². The van der Waals surface area contributed by atoms with Crippen molar-refractivity contribution in [2.75, 3.05) is 11.7 Å². The third kappa shape index (κ3) is 6.05. The second kappa shape index (κ2) is 11.1. The van der Waals surface area contributed by atoms with Crippen LogP contribution in [0.4, 0.5) is 20.6 Å². The van der Waals surface area contributed by atoms with E-state index in [0.29, 0.717) is 16.8 Å². The van der Waals surface area contributed by atoms with Gasteiger partial charge in [0.25, 0.3) is 0 Å². The van der Waals surface area contributed by atoms with Gasteiger partial charge in [-0.3, -0.25) is 9.59 Å². The second-order valence-corrected chi connectivity index (χ2v) is 8.63. The SMILES string of the molecule is Cc1ccccc1C(=O)c1ccc(N(C(=O)OCOC(=O)C(C)C)c2ccc(F)cc2C)cc1Cl. The van der Waals surface area contributed by atoms with Crippen LogP contribution in [0, 0.1) is 25.6 Å². The Labute approximate surface area is 208 Å². The fourth-order valence-corrected chi connectivity index (χ4v) is 3.64. The van der Waals surface area contributed by atoms with Gasteiger partial charge in [0.1, 0.15) is 5.82 Å². The zero-order valence-corrected chi connectivity index (χ0v) is 20.6. The first-order valence-corrected chi connectivity index (χ1v) is 11.3. The van der Waals surface area contributed by atoms with Crippen molar-refractivity contribution in [2.45, 2.75) is 27.7 Å². The number of carbonyl (C=O) groups excluding carboxylic acids is 3. The molecule has 0 spiro atoms. The van der Waals surface area contributed by atoms with Crippen LogP contribution in [0.5, 0.6) is 0 Å². The zero-order chi connectivity index (χ0) is 25.7. The highest BCUT2D eigenvalue weighted by Crippen LogP contribution is 2.33. The van der Waals surface area contributed by atoms with Crippen molar-refractivity contribution in [1.29, 1.82) is 0 Å². The fourth-order valence-electron chi connectivity index (χ4n) is 3.38. The molecule has 8 heteroatoms. The highest BCUT2D eigenvalue weighted by Gasteiger charge is 2.24. The molecule has 3 aromatic carbocycles. The van der Waals surface area contributed by atoms with Crippen LogP contribution in [0.2, 0.25) is 5.02 Å². The molecule has 0 aromatic heterocycles. The molecule has 0 saturated heterocycles. The van der Waals surface area contributed by atoms with Gasteiger partial charge < -0.3 is 9.47 Å². The number of hydrogen-bond acceptors (Lipinski definition) is 5. The monoisotopic (exact) mass is 497 g/mol. The number of hydrogen-bond donors (Lipinski definition) is 0. The average Bonchev–Trinajstić information content (AvgIpc) is 2.80. The first kappa shape index (κ1) is 25.9. The van der Waals surface area contributed by atoms with Gasteiger partial charge in [0, 0.05) is 11.1 Å². The number of halogens is 2. The number of nitrogens with zero attached hydrogens (tertiary/aromatic N) is 1. The number of anilines is 2. The fraction of sp³-hybridized carbons (Fsp3) is 0.222.